The fourth-order valence-corrected chi connectivity index (χ4v) is 2.24. The Bertz CT molecular complexity index is 499. The lowest BCUT2D eigenvalue weighted by Crippen LogP contribution is -2.39. The van der Waals surface area contributed by atoms with E-state index in [2.05, 4.69) is 4.98 Å². The van der Waals surface area contributed by atoms with Crippen molar-refractivity contribution in [3.63, 3.8) is 0 Å². The minimum Gasteiger partial charge on any atom is -0.472 e. The maximum atomic E-state index is 12.8. The quantitative estimate of drug-likeness (QED) is 0.842. The van der Waals surface area contributed by atoms with Gasteiger partial charge in [-0.1, -0.05) is 0 Å². The van der Waals surface area contributed by atoms with Crippen molar-refractivity contribution in [2.24, 2.45) is 0 Å². The van der Waals surface area contributed by atoms with Crippen molar-refractivity contribution in [2.45, 2.75) is 51.9 Å². The predicted octanol–water partition coefficient (Wildman–Crippen LogP) is 3.00. The molecule has 1 aromatic heterocycles. The molecular weight excluding hydrogens is 275 g/mol. The van der Waals surface area contributed by atoms with E-state index in [4.69, 9.17) is 9.47 Å². The van der Waals surface area contributed by atoms with Crippen LogP contribution in [0.1, 0.15) is 34.1 Å². The van der Waals surface area contributed by atoms with E-state index in [1.165, 1.54) is 12.1 Å². The standard InChI is InChI=1S/C15H21FN2O3/c1-10-7-12(20-13-6-5-11(16)8-17-13)9-18(10)14(19)21-15(2,3)4/h5-6,8,10,12H,7,9H2,1-4H3/t10-,12+/m0/s1. The summed E-state index contributed by atoms with van der Waals surface area (Å²) in [5, 5.41) is 0. The zero-order valence-electron chi connectivity index (χ0n) is 12.8. The van der Waals surface area contributed by atoms with Gasteiger partial charge in [0, 0.05) is 18.5 Å². The molecule has 0 spiro atoms. The lowest BCUT2D eigenvalue weighted by Gasteiger charge is -2.26. The summed E-state index contributed by atoms with van der Waals surface area (Å²) in [6.07, 6.45) is 1.30. The molecule has 0 saturated carbocycles. The van der Waals surface area contributed by atoms with Crippen LogP contribution in [0.4, 0.5) is 9.18 Å². The molecule has 0 aromatic carbocycles. The van der Waals surface area contributed by atoms with Crippen LogP contribution in [0.15, 0.2) is 18.3 Å². The number of likely N-dealkylation sites (tertiary alicyclic amines) is 1. The second-order valence-electron chi connectivity index (χ2n) is 6.27. The summed E-state index contributed by atoms with van der Waals surface area (Å²) in [4.78, 5) is 17.6. The molecule has 2 atom stereocenters. The minimum atomic E-state index is -0.520. The van der Waals surface area contributed by atoms with Crippen molar-refractivity contribution in [2.75, 3.05) is 6.54 Å². The van der Waals surface area contributed by atoms with Gasteiger partial charge in [-0.15, -0.1) is 0 Å². The first-order chi connectivity index (χ1) is 9.74. The molecule has 1 amide bonds. The van der Waals surface area contributed by atoms with Gasteiger partial charge in [-0.2, -0.15) is 0 Å². The van der Waals surface area contributed by atoms with Gasteiger partial charge in [0.25, 0.3) is 0 Å². The Kier molecular flexibility index (Phi) is 4.34. The minimum absolute atomic E-state index is 0.0327. The van der Waals surface area contributed by atoms with E-state index < -0.39 is 11.4 Å². The van der Waals surface area contributed by atoms with E-state index in [0.29, 0.717) is 18.8 Å². The summed E-state index contributed by atoms with van der Waals surface area (Å²) in [7, 11) is 0. The van der Waals surface area contributed by atoms with Crippen LogP contribution < -0.4 is 4.74 Å². The summed E-state index contributed by atoms with van der Waals surface area (Å²) in [6, 6.07) is 2.81. The highest BCUT2D eigenvalue weighted by atomic mass is 19.1. The van der Waals surface area contributed by atoms with Crippen molar-refractivity contribution < 1.29 is 18.7 Å². The third-order valence-corrected chi connectivity index (χ3v) is 3.15. The van der Waals surface area contributed by atoms with Crippen LogP contribution in [0, 0.1) is 5.82 Å². The summed E-state index contributed by atoms with van der Waals surface area (Å²) < 4.78 is 23.9. The fraction of sp³-hybridized carbons (Fsp3) is 0.600. The van der Waals surface area contributed by atoms with Gasteiger partial charge in [-0.3, -0.25) is 0 Å². The van der Waals surface area contributed by atoms with Gasteiger partial charge >= 0.3 is 6.09 Å². The van der Waals surface area contributed by atoms with Gasteiger partial charge in [0.05, 0.1) is 12.7 Å². The normalized spacial score (nSPS) is 22.2. The molecule has 0 aliphatic carbocycles. The van der Waals surface area contributed by atoms with Gasteiger partial charge in [0.1, 0.15) is 17.5 Å². The molecule has 0 radical (unpaired) electrons. The first-order valence-corrected chi connectivity index (χ1v) is 7.02. The van der Waals surface area contributed by atoms with Crippen molar-refractivity contribution in [3.8, 4) is 5.88 Å². The van der Waals surface area contributed by atoms with Crippen LogP contribution in [0.3, 0.4) is 0 Å². The monoisotopic (exact) mass is 296 g/mol. The first-order valence-electron chi connectivity index (χ1n) is 7.02. The Morgan fingerprint density at radius 1 is 1.43 bits per heavy atom. The molecular formula is C15H21FN2O3. The molecule has 1 aliphatic heterocycles. The summed E-state index contributed by atoms with van der Waals surface area (Å²) in [5.74, 6) is -0.0443. The van der Waals surface area contributed by atoms with Crippen LogP contribution in [-0.2, 0) is 4.74 Å². The second-order valence-corrected chi connectivity index (χ2v) is 6.27. The Hall–Kier alpha value is -1.85. The summed E-state index contributed by atoms with van der Waals surface area (Å²) in [6.45, 7) is 7.90. The molecule has 1 aliphatic rings. The lowest BCUT2D eigenvalue weighted by atomic mass is 10.2. The lowest BCUT2D eigenvalue weighted by molar-refractivity contribution is 0.0223. The van der Waals surface area contributed by atoms with Gasteiger partial charge in [-0.25, -0.2) is 14.2 Å². The Balaban J connectivity index is 1.94. The fourth-order valence-electron chi connectivity index (χ4n) is 2.24. The van der Waals surface area contributed by atoms with Crippen LogP contribution in [-0.4, -0.2) is 40.3 Å². The van der Waals surface area contributed by atoms with Crippen molar-refractivity contribution in [1.82, 2.24) is 9.88 Å². The number of amides is 1. The molecule has 1 saturated heterocycles. The van der Waals surface area contributed by atoms with Crippen LogP contribution in [0.2, 0.25) is 0 Å². The molecule has 0 unspecified atom stereocenters. The summed E-state index contributed by atoms with van der Waals surface area (Å²) in [5.41, 5.74) is -0.520. The number of halogens is 1. The van der Waals surface area contributed by atoms with Crippen LogP contribution in [0.5, 0.6) is 5.88 Å². The molecule has 21 heavy (non-hydrogen) atoms. The van der Waals surface area contributed by atoms with E-state index in [0.717, 1.165) is 6.20 Å². The number of carbonyl (C=O) groups excluding carboxylic acids is 1. The number of ether oxygens (including phenoxy) is 2. The van der Waals surface area contributed by atoms with Crippen molar-refractivity contribution in [1.29, 1.82) is 0 Å². The first kappa shape index (κ1) is 15.5. The molecule has 116 valence electrons. The third-order valence-electron chi connectivity index (χ3n) is 3.15. The number of hydrogen-bond acceptors (Lipinski definition) is 4. The largest absolute Gasteiger partial charge is 0.472 e. The number of aromatic nitrogens is 1. The van der Waals surface area contributed by atoms with Crippen molar-refractivity contribution in [3.05, 3.63) is 24.1 Å². The number of pyridine rings is 1. The van der Waals surface area contributed by atoms with E-state index in [-0.39, 0.29) is 18.2 Å². The highest BCUT2D eigenvalue weighted by molar-refractivity contribution is 5.69. The smallest absolute Gasteiger partial charge is 0.410 e. The highest BCUT2D eigenvalue weighted by Crippen LogP contribution is 2.24. The zero-order chi connectivity index (χ0) is 15.6. The second kappa shape index (κ2) is 5.87. The average molecular weight is 296 g/mol. The zero-order valence-corrected chi connectivity index (χ0v) is 12.8. The van der Waals surface area contributed by atoms with Gasteiger partial charge in [0.15, 0.2) is 0 Å². The maximum absolute atomic E-state index is 12.8. The van der Waals surface area contributed by atoms with E-state index in [9.17, 15) is 9.18 Å². The Labute approximate surface area is 124 Å². The molecule has 0 bridgehead atoms. The third kappa shape index (κ3) is 4.31. The number of hydrogen-bond donors (Lipinski definition) is 0. The molecule has 2 heterocycles. The van der Waals surface area contributed by atoms with Crippen LogP contribution >= 0.6 is 0 Å². The van der Waals surface area contributed by atoms with Crippen molar-refractivity contribution >= 4 is 6.09 Å². The predicted molar refractivity (Wildman–Crippen MR) is 75.6 cm³/mol. The van der Waals surface area contributed by atoms with E-state index >= 15 is 0 Å². The maximum Gasteiger partial charge on any atom is 0.410 e. The Morgan fingerprint density at radius 2 is 2.14 bits per heavy atom. The molecule has 5 nitrogen and oxygen atoms in total. The number of rotatable bonds is 2. The SMILES string of the molecule is C[C@H]1C[C@@H](Oc2ccc(F)cn2)CN1C(=O)OC(C)(C)C. The average Bonchev–Trinajstić information content (AvgIpc) is 2.71. The van der Waals surface area contributed by atoms with Gasteiger partial charge in [0.2, 0.25) is 5.88 Å². The molecule has 1 fully saturated rings. The van der Waals surface area contributed by atoms with Gasteiger partial charge < -0.3 is 14.4 Å². The Morgan fingerprint density at radius 3 is 2.71 bits per heavy atom. The molecule has 6 heteroatoms. The van der Waals surface area contributed by atoms with E-state index in [1.54, 1.807) is 4.90 Å². The van der Waals surface area contributed by atoms with E-state index in [1.807, 2.05) is 27.7 Å². The summed E-state index contributed by atoms with van der Waals surface area (Å²) >= 11 is 0. The van der Waals surface area contributed by atoms with Crippen LogP contribution in [0.25, 0.3) is 0 Å². The topological polar surface area (TPSA) is 51.7 Å². The number of carbonyl (C=O) groups is 1. The van der Waals surface area contributed by atoms with Gasteiger partial charge in [-0.05, 0) is 33.8 Å². The molecule has 2 rings (SSSR count). The molecule has 0 N–H and O–H groups in total. The number of nitrogens with zero attached hydrogens (tertiary/aromatic N) is 2. The molecule has 1 aromatic rings. The highest BCUT2D eigenvalue weighted by Gasteiger charge is 2.36.